The molecule has 0 radical (unpaired) electrons. The van der Waals surface area contributed by atoms with Crippen molar-refractivity contribution < 1.29 is 0 Å². The Balaban J connectivity index is 1.94. The van der Waals surface area contributed by atoms with Gasteiger partial charge in [-0.3, -0.25) is 0 Å². The molecule has 4 unspecified atom stereocenters. The van der Waals surface area contributed by atoms with E-state index in [1.807, 2.05) is 0 Å². The van der Waals surface area contributed by atoms with Gasteiger partial charge < -0.3 is 0 Å². The van der Waals surface area contributed by atoms with Crippen LogP contribution in [-0.4, -0.2) is 0 Å². The minimum Gasteiger partial charge on any atom is -0.0879 e. The van der Waals surface area contributed by atoms with E-state index < -0.39 is 0 Å². The fourth-order valence-corrected chi connectivity index (χ4v) is 3.75. The van der Waals surface area contributed by atoms with Crippen LogP contribution in [0.2, 0.25) is 0 Å². The van der Waals surface area contributed by atoms with Gasteiger partial charge in [0.05, 0.1) is 0 Å². The van der Waals surface area contributed by atoms with Gasteiger partial charge in [-0.05, 0) is 42.4 Å². The molecule has 0 heterocycles. The summed E-state index contributed by atoms with van der Waals surface area (Å²) < 4.78 is 0. The number of hydrogen-bond acceptors (Lipinski definition) is 0. The first-order chi connectivity index (χ1) is 6.27. The van der Waals surface area contributed by atoms with Gasteiger partial charge in [-0.15, -0.1) is 0 Å². The first-order valence-corrected chi connectivity index (χ1v) is 5.65. The molecule has 0 heteroatoms. The third kappa shape index (κ3) is 0.920. The Morgan fingerprint density at radius 1 is 1.38 bits per heavy atom. The zero-order chi connectivity index (χ0) is 9.00. The van der Waals surface area contributed by atoms with Crippen molar-refractivity contribution in [2.75, 3.05) is 0 Å². The topological polar surface area (TPSA) is 0 Å². The normalized spacial score (nSPS) is 45.9. The third-order valence-corrected chi connectivity index (χ3v) is 4.30. The zero-order valence-electron chi connectivity index (χ0n) is 8.53. The number of allylic oxidation sites excluding steroid dienone is 4. The zero-order valence-corrected chi connectivity index (χ0v) is 8.53. The van der Waals surface area contributed by atoms with Crippen LogP contribution in [0.25, 0.3) is 0 Å². The molecular weight excluding hydrogens is 156 g/mol. The summed E-state index contributed by atoms with van der Waals surface area (Å²) in [5.74, 6) is 4.56. The molecule has 0 aliphatic heterocycles. The SMILES string of the molecule is CC(C)C1=CC2CC1C1C=CCC21. The quantitative estimate of drug-likeness (QED) is 0.534. The standard InChI is InChI=1S/C13H18/c1-8(2)12-6-9-7-13(12)11-5-3-4-10(9)11/h3,5-6,8-11,13H,4,7H2,1-2H3. The fourth-order valence-electron chi connectivity index (χ4n) is 3.75. The summed E-state index contributed by atoms with van der Waals surface area (Å²) in [5, 5.41) is 0. The van der Waals surface area contributed by atoms with E-state index >= 15 is 0 Å². The van der Waals surface area contributed by atoms with Crippen LogP contribution in [0.1, 0.15) is 26.7 Å². The molecule has 3 aliphatic carbocycles. The highest BCUT2D eigenvalue weighted by Crippen LogP contribution is 2.56. The van der Waals surface area contributed by atoms with E-state index in [0.717, 1.165) is 29.6 Å². The van der Waals surface area contributed by atoms with E-state index in [2.05, 4.69) is 32.1 Å². The Labute approximate surface area is 80.7 Å². The second-order valence-electron chi connectivity index (χ2n) is 5.23. The Bertz CT molecular complexity index is 282. The van der Waals surface area contributed by atoms with Gasteiger partial charge in [0.2, 0.25) is 0 Å². The van der Waals surface area contributed by atoms with E-state index in [1.54, 1.807) is 5.57 Å². The number of fused-ring (bicyclic) bond motifs is 5. The Morgan fingerprint density at radius 3 is 3.00 bits per heavy atom. The van der Waals surface area contributed by atoms with Crippen molar-refractivity contribution in [1.29, 1.82) is 0 Å². The van der Waals surface area contributed by atoms with Crippen LogP contribution in [0.15, 0.2) is 23.8 Å². The molecule has 1 saturated carbocycles. The Morgan fingerprint density at radius 2 is 2.23 bits per heavy atom. The Kier molecular flexibility index (Phi) is 1.51. The van der Waals surface area contributed by atoms with Crippen molar-refractivity contribution in [2.24, 2.45) is 29.6 Å². The highest BCUT2D eigenvalue weighted by molar-refractivity contribution is 5.29. The largest absolute Gasteiger partial charge is 0.0879 e. The molecule has 0 amide bonds. The summed E-state index contributed by atoms with van der Waals surface area (Å²) in [6.07, 6.45) is 10.3. The molecule has 0 aromatic heterocycles. The van der Waals surface area contributed by atoms with E-state index in [1.165, 1.54) is 12.8 Å². The second-order valence-corrected chi connectivity index (χ2v) is 5.23. The van der Waals surface area contributed by atoms with Crippen LogP contribution >= 0.6 is 0 Å². The molecule has 1 fully saturated rings. The summed E-state index contributed by atoms with van der Waals surface area (Å²) in [6, 6.07) is 0. The molecule has 0 spiro atoms. The van der Waals surface area contributed by atoms with Crippen molar-refractivity contribution in [3.8, 4) is 0 Å². The molecule has 2 bridgehead atoms. The molecule has 3 rings (SSSR count). The van der Waals surface area contributed by atoms with Crippen molar-refractivity contribution in [2.45, 2.75) is 26.7 Å². The predicted molar refractivity (Wildman–Crippen MR) is 55.3 cm³/mol. The van der Waals surface area contributed by atoms with Gasteiger partial charge in [0.25, 0.3) is 0 Å². The average molecular weight is 174 g/mol. The lowest BCUT2D eigenvalue weighted by molar-refractivity contribution is 0.375. The predicted octanol–water partition coefficient (Wildman–Crippen LogP) is 3.41. The van der Waals surface area contributed by atoms with Crippen LogP contribution in [0, 0.1) is 29.6 Å². The highest BCUT2D eigenvalue weighted by Gasteiger charge is 2.48. The molecule has 0 saturated heterocycles. The Hall–Kier alpha value is -0.520. The lowest BCUT2D eigenvalue weighted by atomic mass is 9.78. The lowest BCUT2D eigenvalue weighted by Crippen LogP contribution is -2.18. The minimum atomic E-state index is 0.782. The molecule has 13 heavy (non-hydrogen) atoms. The van der Waals surface area contributed by atoms with Crippen LogP contribution < -0.4 is 0 Å². The first-order valence-electron chi connectivity index (χ1n) is 5.65. The average Bonchev–Trinajstić information content (AvgIpc) is 2.75. The summed E-state index contributed by atoms with van der Waals surface area (Å²) in [4.78, 5) is 0. The molecule has 0 nitrogen and oxygen atoms in total. The van der Waals surface area contributed by atoms with Gasteiger partial charge in [-0.1, -0.05) is 37.6 Å². The van der Waals surface area contributed by atoms with Crippen LogP contribution in [-0.2, 0) is 0 Å². The van der Waals surface area contributed by atoms with E-state index in [4.69, 9.17) is 0 Å². The molecule has 0 N–H and O–H groups in total. The second kappa shape index (κ2) is 2.50. The first kappa shape index (κ1) is 7.84. The van der Waals surface area contributed by atoms with E-state index in [0.29, 0.717) is 0 Å². The maximum atomic E-state index is 2.60. The lowest BCUT2D eigenvalue weighted by Gasteiger charge is -2.26. The van der Waals surface area contributed by atoms with Gasteiger partial charge >= 0.3 is 0 Å². The molecule has 3 aliphatic rings. The van der Waals surface area contributed by atoms with Crippen molar-refractivity contribution in [3.05, 3.63) is 23.8 Å². The summed E-state index contributed by atoms with van der Waals surface area (Å²) in [5.41, 5.74) is 1.76. The van der Waals surface area contributed by atoms with Crippen LogP contribution in [0.3, 0.4) is 0 Å². The maximum absolute atomic E-state index is 2.60. The molecule has 0 aromatic carbocycles. The van der Waals surface area contributed by atoms with Gasteiger partial charge in [0.15, 0.2) is 0 Å². The maximum Gasteiger partial charge on any atom is -0.0129 e. The summed E-state index contributed by atoms with van der Waals surface area (Å²) in [7, 11) is 0. The van der Waals surface area contributed by atoms with E-state index in [-0.39, 0.29) is 0 Å². The van der Waals surface area contributed by atoms with Gasteiger partial charge in [-0.25, -0.2) is 0 Å². The molecule has 0 aromatic rings. The molecule has 4 atom stereocenters. The minimum absolute atomic E-state index is 0.782. The molecular formula is C13H18. The fraction of sp³-hybridized carbons (Fsp3) is 0.692. The third-order valence-electron chi connectivity index (χ3n) is 4.30. The van der Waals surface area contributed by atoms with Crippen molar-refractivity contribution in [1.82, 2.24) is 0 Å². The van der Waals surface area contributed by atoms with Gasteiger partial charge in [0, 0.05) is 0 Å². The summed E-state index contributed by atoms with van der Waals surface area (Å²) in [6.45, 7) is 4.69. The smallest absolute Gasteiger partial charge is 0.0129 e. The van der Waals surface area contributed by atoms with Crippen molar-refractivity contribution >= 4 is 0 Å². The van der Waals surface area contributed by atoms with Gasteiger partial charge in [0.1, 0.15) is 0 Å². The van der Waals surface area contributed by atoms with Gasteiger partial charge in [-0.2, -0.15) is 0 Å². The summed E-state index contributed by atoms with van der Waals surface area (Å²) >= 11 is 0. The molecule has 70 valence electrons. The van der Waals surface area contributed by atoms with Crippen LogP contribution in [0.4, 0.5) is 0 Å². The monoisotopic (exact) mass is 174 g/mol. The van der Waals surface area contributed by atoms with Crippen LogP contribution in [0.5, 0.6) is 0 Å². The van der Waals surface area contributed by atoms with E-state index in [9.17, 15) is 0 Å². The van der Waals surface area contributed by atoms with Crippen molar-refractivity contribution in [3.63, 3.8) is 0 Å². The number of rotatable bonds is 1. The highest BCUT2D eigenvalue weighted by atomic mass is 14.5. The number of hydrogen-bond donors (Lipinski definition) is 0.